The fourth-order valence-electron chi connectivity index (χ4n) is 13.4. The predicted molar refractivity (Wildman–Crippen MR) is 323 cm³/mol. The zero-order valence-corrected chi connectivity index (χ0v) is 43.9. The van der Waals surface area contributed by atoms with Crippen molar-refractivity contribution >= 4 is 0 Å². The highest BCUT2D eigenvalue weighted by Gasteiger charge is 2.48. The fraction of sp³-hybridized carbons (Fsp3) is 0.0400. The van der Waals surface area contributed by atoms with E-state index in [-0.39, 0.29) is 11.8 Å². The summed E-state index contributed by atoms with van der Waals surface area (Å²) in [6.45, 7) is 0. The molecule has 2 unspecified atom stereocenters. The van der Waals surface area contributed by atoms with Gasteiger partial charge in [-0.2, -0.15) is 0 Å². The van der Waals surface area contributed by atoms with Gasteiger partial charge in [0.25, 0.3) is 0 Å². The number of fused-ring (bicyclic) bond motifs is 3. The highest BCUT2D eigenvalue weighted by Crippen LogP contribution is 2.60. The van der Waals surface area contributed by atoms with Gasteiger partial charge in [-0.25, -0.2) is 29.9 Å². The van der Waals surface area contributed by atoms with Crippen molar-refractivity contribution < 1.29 is 0 Å². The van der Waals surface area contributed by atoms with Gasteiger partial charge in [0, 0.05) is 45.2 Å². The Kier molecular flexibility index (Phi) is 10.8. The Balaban J connectivity index is 0.847. The second kappa shape index (κ2) is 18.8. The third-order valence-corrected chi connectivity index (χ3v) is 16.9. The zero-order valence-electron chi connectivity index (χ0n) is 43.9. The minimum absolute atomic E-state index is 0.00692. The number of hydrogen-bond donors (Lipinski definition) is 0. The second-order valence-corrected chi connectivity index (χ2v) is 21.2. The van der Waals surface area contributed by atoms with Crippen molar-refractivity contribution in [3.05, 3.63) is 335 Å². The Bertz CT molecular complexity index is 4490. The summed E-state index contributed by atoms with van der Waals surface area (Å²) >= 11 is 0. The second-order valence-electron chi connectivity index (χ2n) is 21.2. The molecule has 0 aliphatic heterocycles. The summed E-state index contributed by atoms with van der Waals surface area (Å²) in [7, 11) is 0. The van der Waals surface area contributed by atoms with Crippen LogP contribution in [-0.4, -0.2) is 29.9 Å². The van der Waals surface area contributed by atoms with Crippen LogP contribution in [0.1, 0.15) is 67.5 Å². The molecule has 378 valence electrons. The molecule has 6 nitrogen and oxygen atoms in total. The summed E-state index contributed by atoms with van der Waals surface area (Å²) in [5.41, 5.74) is 22.3. The van der Waals surface area contributed by atoms with E-state index >= 15 is 0 Å². The first-order valence-electron chi connectivity index (χ1n) is 27.7. The quantitative estimate of drug-likeness (QED) is 0.143. The molecule has 11 aromatic carbocycles. The molecule has 0 saturated heterocycles. The van der Waals surface area contributed by atoms with Crippen molar-refractivity contribution in [3.63, 3.8) is 0 Å². The van der Waals surface area contributed by atoms with Crippen LogP contribution in [0.15, 0.2) is 279 Å². The van der Waals surface area contributed by atoms with E-state index in [4.69, 9.17) is 29.9 Å². The molecule has 2 bridgehead atoms. The molecule has 2 atom stereocenters. The molecule has 17 rings (SSSR count). The summed E-state index contributed by atoms with van der Waals surface area (Å²) in [4.78, 5) is 31.5. The Morgan fingerprint density at radius 3 is 1.02 bits per heavy atom. The van der Waals surface area contributed by atoms with Gasteiger partial charge in [0.05, 0.1) is 5.41 Å². The molecular formula is C75H48N6. The average molecular weight is 1030 g/mol. The van der Waals surface area contributed by atoms with Gasteiger partial charge < -0.3 is 0 Å². The molecule has 0 saturated carbocycles. The van der Waals surface area contributed by atoms with E-state index in [0.29, 0.717) is 34.9 Å². The SMILES string of the molecule is c1ccc(-c2nc(-c3ccccc3)nc(-c3ccc4c(c3)C3c5ccccc5C4c4cc(-c5nc(-c6ccccc6)nc(-c6ccccc6-c6cccc7c6C(c6ccccc6)(c6ccccc6)c6ccccc6-7)n5)ccc43)n2)cc1. The lowest BCUT2D eigenvalue weighted by atomic mass is 9.61. The Hall–Kier alpha value is -10.6. The van der Waals surface area contributed by atoms with Crippen LogP contribution in [0.3, 0.4) is 0 Å². The molecule has 13 aromatic rings. The number of hydrogen-bond acceptors (Lipinski definition) is 6. The van der Waals surface area contributed by atoms with E-state index < -0.39 is 5.41 Å². The lowest BCUT2D eigenvalue weighted by Gasteiger charge is -2.42. The summed E-state index contributed by atoms with van der Waals surface area (Å²) in [5.74, 6) is 3.75. The molecule has 0 amide bonds. The highest BCUT2D eigenvalue weighted by atomic mass is 15.0. The van der Waals surface area contributed by atoms with E-state index in [1.54, 1.807) is 0 Å². The summed E-state index contributed by atoms with van der Waals surface area (Å²) in [5, 5.41) is 0. The molecule has 6 heteroatoms. The van der Waals surface area contributed by atoms with Gasteiger partial charge in [-0.1, -0.05) is 267 Å². The molecule has 81 heavy (non-hydrogen) atoms. The van der Waals surface area contributed by atoms with Crippen LogP contribution in [0, 0.1) is 0 Å². The molecule has 2 heterocycles. The largest absolute Gasteiger partial charge is 0.208 e. The molecular weight excluding hydrogens is 985 g/mol. The fourth-order valence-corrected chi connectivity index (χ4v) is 13.4. The normalized spacial score (nSPS) is 14.8. The minimum atomic E-state index is -0.608. The van der Waals surface area contributed by atoms with E-state index in [1.807, 2.05) is 54.6 Å². The number of nitrogens with zero attached hydrogens (tertiary/aromatic N) is 6. The lowest BCUT2D eigenvalue weighted by Crippen LogP contribution is -2.29. The lowest BCUT2D eigenvalue weighted by molar-refractivity contribution is 0.754. The first-order valence-corrected chi connectivity index (χ1v) is 27.7. The Morgan fingerprint density at radius 1 is 0.222 bits per heavy atom. The standard InChI is InChI=1S/C75H48N6/c1-6-23-47(24-7-1)69-76-70(48-25-8-2-9-26-48)78-72(77-69)50-41-43-58-63(45-50)66-56-35-17-18-36-57(56)67(58)64-46-51(42-44-59(64)66)73-79-71(49-27-10-3-11-28-49)80-74(81-73)62-37-19-16-33-54(62)60-38-22-39-61-55-34-20-21-40-65(55)75(68(60)61,52-29-12-4-13-30-52)53-31-14-5-15-32-53/h1-46,66-67H. The number of aromatic nitrogens is 6. The van der Waals surface area contributed by atoms with E-state index in [9.17, 15) is 0 Å². The van der Waals surface area contributed by atoms with Crippen LogP contribution in [0.4, 0.5) is 0 Å². The van der Waals surface area contributed by atoms with Crippen molar-refractivity contribution in [2.45, 2.75) is 17.3 Å². The smallest absolute Gasteiger partial charge is 0.164 e. The van der Waals surface area contributed by atoms with Gasteiger partial charge in [-0.05, 0) is 90.0 Å². The first-order chi connectivity index (χ1) is 40.2. The maximum absolute atomic E-state index is 5.53. The summed E-state index contributed by atoms with van der Waals surface area (Å²) in [6.07, 6.45) is 0. The molecule has 4 aliphatic rings. The first kappa shape index (κ1) is 46.5. The van der Waals surface area contributed by atoms with Gasteiger partial charge in [-0.15, -0.1) is 0 Å². The van der Waals surface area contributed by atoms with Crippen molar-refractivity contribution in [1.29, 1.82) is 0 Å². The molecule has 0 radical (unpaired) electrons. The number of benzene rings is 11. The maximum atomic E-state index is 5.53. The van der Waals surface area contributed by atoms with Crippen LogP contribution in [-0.2, 0) is 5.41 Å². The predicted octanol–water partition coefficient (Wildman–Crippen LogP) is 17.1. The third-order valence-electron chi connectivity index (χ3n) is 16.9. The molecule has 0 spiro atoms. The van der Waals surface area contributed by atoms with Gasteiger partial charge >= 0.3 is 0 Å². The Labute approximate surface area is 470 Å². The molecule has 0 fully saturated rings. The van der Waals surface area contributed by atoms with Crippen molar-refractivity contribution in [3.8, 4) is 90.6 Å². The van der Waals surface area contributed by atoms with Crippen LogP contribution in [0.25, 0.3) is 90.6 Å². The van der Waals surface area contributed by atoms with Crippen LogP contribution in [0.5, 0.6) is 0 Å². The van der Waals surface area contributed by atoms with Crippen LogP contribution >= 0.6 is 0 Å². The van der Waals surface area contributed by atoms with Crippen LogP contribution < -0.4 is 0 Å². The molecule has 4 aliphatic carbocycles. The Morgan fingerprint density at radius 2 is 0.556 bits per heavy atom. The van der Waals surface area contributed by atoms with Gasteiger partial charge in [0.2, 0.25) is 0 Å². The van der Waals surface area contributed by atoms with Crippen molar-refractivity contribution in [2.24, 2.45) is 0 Å². The van der Waals surface area contributed by atoms with Gasteiger partial charge in [0.15, 0.2) is 34.9 Å². The molecule has 2 aromatic heterocycles. The maximum Gasteiger partial charge on any atom is 0.164 e. The number of rotatable bonds is 9. The van der Waals surface area contributed by atoms with E-state index in [1.165, 1.54) is 66.8 Å². The monoisotopic (exact) mass is 1030 g/mol. The minimum Gasteiger partial charge on any atom is -0.208 e. The van der Waals surface area contributed by atoms with E-state index in [2.05, 4.69) is 224 Å². The third kappa shape index (κ3) is 7.41. The van der Waals surface area contributed by atoms with Crippen LogP contribution in [0.2, 0.25) is 0 Å². The van der Waals surface area contributed by atoms with Crippen molar-refractivity contribution in [1.82, 2.24) is 29.9 Å². The zero-order chi connectivity index (χ0) is 53.4. The van der Waals surface area contributed by atoms with Crippen molar-refractivity contribution in [2.75, 3.05) is 0 Å². The summed E-state index contributed by atoms with van der Waals surface area (Å²) < 4.78 is 0. The van der Waals surface area contributed by atoms with Gasteiger partial charge in [0.1, 0.15) is 0 Å². The topological polar surface area (TPSA) is 77.3 Å². The summed E-state index contributed by atoms with van der Waals surface area (Å²) in [6, 6.07) is 99.6. The highest BCUT2D eigenvalue weighted by molar-refractivity contribution is 5.95. The van der Waals surface area contributed by atoms with E-state index in [0.717, 1.165) is 44.5 Å². The molecule has 0 N–H and O–H groups in total. The average Bonchev–Trinajstić information content (AvgIpc) is 3.96. The van der Waals surface area contributed by atoms with Gasteiger partial charge in [-0.3, -0.25) is 0 Å².